The van der Waals surface area contributed by atoms with Crippen LogP contribution in [0.25, 0.3) is 11.3 Å². The first-order valence-corrected chi connectivity index (χ1v) is 9.92. The van der Waals surface area contributed by atoms with E-state index in [0.717, 1.165) is 30.7 Å². The van der Waals surface area contributed by atoms with Crippen LogP contribution in [0.4, 0.5) is 11.5 Å². The van der Waals surface area contributed by atoms with Crippen molar-refractivity contribution in [1.29, 1.82) is 5.41 Å². The molecule has 1 atom stereocenters. The third-order valence-corrected chi connectivity index (χ3v) is 5.29. The van der Waals surface area contributed by atoms with Gasteiger partial charge in [-0.1, -0.05) is 18.2 Å². The number of amidine groups is 1. The number of hydrogen-bond acceptors (Lipinski definition) is 6. The van der Waals surface area contributed by atoms with Gasteiger partial charge in [0, 0.05) is 23.9 Å². The van der Waals surface area contributed by atoms with E-state index in [4.69, 9.17) is 26.6 Å². The van der Waals surface area contributed by atoms with Crippen LogP contribution in [0, 0.1) is 5.41 Å². The third-order valence-electron chi connectivity index (χ3n) is 5.29. The fraction of sp³-hybridized carbons (Fsp3) is 0.217. The number of aliphatic hydroxyl groups excluding tert-OH is 1. The molecular weight excluding hydrogens is 378 g/mol. The Morgan fingerprint density at radius 2 is 1.83 bits per heavy atom. The number of pyridine rings is 1. The third kappa shape index (κ3) is 3.92. The summed E-state index contributed by atoms with van der Waals surface area (Å²) in [5.41, 5.74) is 14.2. The molecule has 1 aromatic heterocycles. The molecule has 0 bridgehead atoms. The van der Waals surface area contributed by atoms with Crippen molar-refractivity contribution in [3.05, 3.63) is 66.2 Å². The second kappa shape index (κ2) is 8.42. The van der Waals surface area contributed by atoms with Gasteiger partial charge < -0.3 is 26.2 Å². The Morgan fingerprint density at radius 1 is 1.13 bits per heavy atom. The minimum atomic E-state index is -0.133. The maximum atomic E-state index is 9.68. The van der Waals surface area contributed by atoms with E-state index < -0.39 is 0 Å². The van der Waals surface area contributed by atoms with Gasteiger partial charge in [0.2, 0.25) is 0 Å². The van der Waals surface area contributed by atoms with Crippen LogP contribution >= 0.6 is 0 Å². The zero-order valence-corrected chi connectivity index (χ0v) is 16.6. The first-order chi connectivity index (χ1) is 14.6. The van der Waals surface area contributed by atoms with Crippen molar-refractivity contribution in [2.24, 2.45) is 5.73 Å². The predicted octanol–water partition coefficient (Wildman–Crippen LogP) is 3.37. The van der Waals surface area contributed by atoms with E-state index in [1.54, 1.807) is 6.07 Å². The number of rotatable bonds is 6. The summed E-state index contributed by atoms with van der Waals surface area (Å²) >= 11 is 0. The van der Waals surface area contributed by atoms with Gasteiger partial charge in [0.15, 0.2) is 0 Å². The van der Waals surface area contributed by atoms with Crippen LogP contribution in [0.5, 0.6) is 11.5 Å². The molecule has 0 spiro atoms. The Kier molecular flexibility index (Phi) is 5.54. The molecule has 1 fully saturated rings. The van der Waals surface area contributed by atoms with Gasteiger partial charge in [0.05, 0.1) is 23.9 Å². The molecule has 30 heavy (non-hydrogen) atoms. The largest absolute Gasteiger partial charge is 0.457 e. The lowest BCUT2D eigenvalue weighted by Crippen LogP contribution is -2.33. The molecule has 0 radical (unpaired) electrons. The quantitative estimate of drug-likeness (QED) is 0.370. The predicted molar refractivity (Wildman–Crippen MR) is 119 cm³/mol. The summed E-state index contributed by atoms with van der Waals surface area (Å²) in [5, 5.41) is 17.7. The molecule has 1 aliphatic rings. The molecule has 1 saturated heterocycles. The molecule has 0 aliphatic carbocycles. The number of nitrogens with one attached hydrogen (secondary N) is 1. The summed E-state index contributed by atoms with van der Waals surface area (Å²) in [4.78, 5) is 6.86. The number of anilines is 2. The highest BCUT2D eigenvalue weighted by molar-refractivity contribution is 6.05. The van der Waals surface area contributed by atoms with E-state index in [0.29, 0.717) is 28.5 Å². The number of para-hydroxylation sites is 1. The topological polar surface area (TPSA) is 121 Å². The molecule has 2 heterocycles. The van der Waals surface area contributed by atoms with Crippen LogP contribution < -0.4 is 21.1 Å². The summed E-state index contributed by atoms with van der Waals surface area (Å²) in [6.07, 6.45) is 1.90. The number of hydrogen-bond donors (Lipinski definition) is 4. The summed E-state index contributed by atoms with van der Waals surface area (Å²) < 4.78 is 5.86. The average molecular weight is 403 g/mol. The van der Waals surface area contributed by atoms with Crippen LogP contribution in [0.3, 0.4) is 0 Å². The number of nitrogens with two attached hydrogens (primary N) is 2. The maximum absolute atomic E-state index is 9.68. The summed E-state index contributed by atoms with van der Waals surface area (Å²) in [6.45, 7) is 0.872. The molecule has 3 aromatic rings. The van der Waals surface area contributed by atoms with E-state index in [1.807, 2.05) is 54.6 Å². The van der Waals surface area contributed by atoms with Crippen LogP contribution in [-0.2, 0) is 0 Å². The molecule has 2 aromatic carbocycles. The minimum absolute atomic E-state index is 0.0228. The van der Waals surface area contributed by atoms with Crippen LogP contribution in [0.1, 0.15) is 18.4 Å². The van der Waals surface area contributed by atoms with Gasteiger partial charge in [0.1, 0.15) is 23.2 Å². The lowest BCUT2D eigenvalue weighted by Gasteiger charge is -2.26. The van der Waals surface area contributed by atoms with Gasteiger partial charge in [-0.05, 0) is 49.2 Å². The first-order valence-electron chi connectivity index (χ1n) is 9.92. The van der Waals surface area contributed by atoms with E-state index in [-0.39, 0.29) is 18.5 Å². The van der Waals surface area contributed by atoms with Gasteiger partial charge in [-0.3, -0.25) is 5.41 Å². The highest BCUT2D eigenvalue weighted by atomic mass is 16.5. The van der Waals surface area contributed by atoms with Crippen LogP contribution in [-0.4, -0.2) is 35.1 Å². The Morgan fingerprint density at radius 3 is 2.50 bits per heavy atom. The SMILES string of the molecule is N=C(N)c1c(N)cc(N2CCCC2CO)nc1-c1ccc(Oc2ccccc2)cc1. The number of nitrogen functional groups attached to an aromatic ring is 2. The highest BCUT2D eigenvalue weighted by Crippen LogP contribution is 2.33. The standard InChI is InChI=1S/C23H25N5O2/c24-19-13-20(28-12-4-5-16(28)14-29)27-22(21(19)23(25)26)15-8-10-18(11-9-15)30-17-6-2-1-3-7-17/h1-3,6-11,13,16,29H,4-5,12,14H2,(H2,24,27)(H3,25,26). The van der Waals surface area contributed by atoms with Crippen LogP contribution in [0.15, 0.2) is 60.7 Å². The molecule has 0 saturated carbocycles. The molecule has 7 nitrogen and oxygen atoms in total. The zero-order chi connectivity index (χ0) is 21.1. The van der Waals surface area contributed by atoms with Crippen molar-refractivity contribution in [2.75, 3.05) is 23.8 Å². The van der Waals surface area contributed by atoms with Gasteiger partial charge in [-0.15, -0.1) is 0 Å². The average Bonchev–Trinajstić information content (AvgIpc) is 3.23. The van der Waals surface area contributed by atoms with Crippen molar-refractivity contribution < 1.29 is 9.84 Å². The van der Waals surface area contributed by atoms with E-state index in [1.165, 1.54) is 0 Å². The molecule has 0 amide bonds. The molecule has 4 rings (SSSR count). The number of aromatic nitrogens is 1. The Labute approximate surface area is 175 Å². The molecule has 154 valence electrons. The second-order valence-corrected chi connectivity index (χ2v) is 7.32. The summed E-state index contributed by atoms with van der Waals surface area (Å²) in [6, 6.07) is 18.8. The summed E-state index contributed by atoms with van der Waals surface area (Å²) in [5.74, 6) is 2.00. The zero-order valence-electron chi connectivity index (χ0n) is 16.6. The van der Waals surface area contributed by atoms with Crippen molar-refractivity contribution in [3.8, 4) is 22.8 Å². The minimum Gasteiger partial charge on any atom is -0.457 e. The lowest BCUT2D eigenvalue weighted by atomic mass is 10.0. The molecule has 7 heteroatoms. The number of aliphatic hydroxyl groups is 1. The first kappa shape index (κ1) is 19.7. The van der Waals surface area contributed by atoms with Crippen molar-refractivity contribution in [3.63, 3.8) is 0 Å². The maximum Gasteiger partial charge on any atom is 0.131 e. The monoisotopic (exact) mass is 403 g/mol. The van der Waals surface area contributed by atoms with Crippen LogP contribution in [0.2, 0.25) is 0 Å². The fourth-order valence-corrected chi connectivity index (χ4v) is 3.82. The smallest absolute Gasteiger partial charge is 0.131 e. The molecule has 1 aliphatic heterocycles. The van der Waals surface area contributed by atoms with E-state index in [9.17, 15) is 5.11 Å². The number of ether oxygens (including phenoxy) is 1. The lowest BCUT2D eigenvalue weighted by molar-refractivity contribution is 0.266. The molecular formula is C23H25N5O2. The van der Waals surface area contributed by atoms with Crippen molar-refractivity contribution in [1.82, 2.24) is 4.98 Å². The van der Waals surface area contributed by atoms with Gasteiger partial charge in [0.25, 0.3) is 0 Å². The second-order valence-electron chi connectivity index (χ2n) is 7.32. The van der Waals surface area contributed by atoms with Gasteiger partial charge in [-0.25, -0.2) is 4.98 Å². The molecule has 6 N–H and O–H groups in total. The van der Waals surface area contributed by atoms with E-state index >= 15 is 0 Å². The van der Waals surface area contributed by atoms with E-state index in [2.05, 4.69) is 4.90 Å². The summed E-state index contributed by atoms with van der Waals surface area (Å²) in [7, 11) is 0. The normalized spacial score (nSPS) is 15.9. The Balaban J connectivity index is 1.70. The van der Waals surface area contributed by atoms with Crippen molar-refractivity contribution in [2.45, 2.75) is 18.9 Å². The van der Waals surface area contributed by atoms with Crippen molar-refractivity contribution >= 4 is 17.3 Å². The fourth-order valence-electron chi connectivity index (χ4n) is 3.82. The number of benzene rings is 2. The number of nitrogens with zero attached hydrogens (tertiary/aromatic N) is 2. The Bertz CT molecular complexity index is 1040. The van der Waals surface area contributed by atoms with Gasteiger partial charge >= 0.3 is 0 Å². The van der Waals surface area contributed by atoms with Gasteiger partial charge in [-0.2, -0.15) is 0 Å². The molecule has 1 unspecified atom stereocenters. The highest BCUT2D eigenvalue weighted by Gasteiger charge is 2.27. The Hall–Kier alpha value is -3.58.